The van der Waals surface area contributed by atoms with Crippen molar-refractivity contribution in [1.82, 2.24) is 4.72 Å². The molecule has 0 aliphatic heterocycles. The second-order valence-corrected chi connectivity index (χ2v) is 6.87. The monoisotopic (exact) mass is 296 g/mol. The van der Waals surface area contributed by atoms with Crippen LogP contribution in [-0.4, -0.2) is 20.9 Å². The lowest BCUT2D eigenvalue weighted by atomic mass is 9.84. The molecule has 0 atom stereocenters. The van der Waals surface area contributed by atoms with Crippen molar-refractivity contribution in [3.63, 3.8) is 0 Å². The highest BCUT2D eigenvalue weighted by Gasteiger charge is 2.17. The minimum atomic E-state index is -3.77. The third-order valence-corrected chi connectivity index (χ3v) is 5.09. The quantitative estimate of drug-likeness (QED) is 0.869. The minimum Gasteiger partial charge on any atom is -0.549 e. The standard InChI is InChI=1S/C14H19NO4S/c16-14(17)10-15-20(18,19)13-8-6-12(7-9-13)11-4-2-1-3-5-11/h6-9,11,15H,1-5,10H2,(H,16,17)/p-1. The van der Waals surface area contributed by atoms with Gasteiger partial charge in [-0.25, -0.2) is 13.1 Å². The summed E-state index contributed by atoms with van der Waals surface area (Å²) in [6.07, 6.45) is 6.01. The van der Waals surface area contributed by atoms with E-state index in [1.807, 2.05) is 16.9 Å². The summed E-state index contributed by atoms with van der Waals surface area (Å²) in [7, 11) is -3.77. The van der Waals surface area contributed by atoms with Crippen LogP contribution in [-0.2, 0) is 14.8 Å². The molecule has 1 N–H and O–H groups in total. The molecule has 0 aromatic heterocycles. The summed E-state index contributed by atoms with van der Waals surface area (Å²) >= 11 is 0. The maximum atomic E-state index is 11.8. The topological polar surface area (TPSA) is 86.3 Å². The van der Waals surface area contributed by atoms with Gasteiger partial charge in [-0.15, -0.1) is 0 Å². The summed E-state index contributed by atoms with van der Waals surface area (Å²) < 4.78 is 25.6. The van der Waals surface area contributed by atoms with Gasteiger partial charge in [0.25, 0.3) is 0 Å². The van der Waals surface area contributed by atoms with Gasteiger partial charge >= 0.3 is 0 Å². The van der Waals surface area contributed by atoms with Crippen molar-refractivity contribution in [2.75, 3.05) is 6.54 Å². The summed E-state index contributed by atoms with van der Waals surface area (Å²) in [6, 6.07) is 6.70. The van der Waals surface area contributed by atoms with Crippen molar-refractivity contribution >= 4 is 16.0 Å². The zero-order valence-electron chi connectivity index (χ0n) is 11.2. The largest absolute Gasteiger partial charge is 0.549 e. The van der Waals surface area contributed by atoms with E-state index in [1.54, 1.807) is 0 Å². The van der Waals surface area contributed by atoms with Crippen molar-refractivity contribution in [3.8, 4) is 0 Å². The molecule has 0 heterocycles. The normalized spacial score (nSPS) is 17.0. The number of aliphatic carboxylic acids is 1. The number of carbonyl (C=O) groups is 1. The number of carboxylic acid groups (broad SMARTS) is 1. The molecule has 0 unspecified atom stereocenters. The maximum Gasteiger partial charge on any atom is 0.240 e. The van der Waals surface area contributed by atoms with Crippen LogP contribution in [0.2, 0.25) is 0 Å². The molecule has 0 spiro atoms. The molecule has 20 heavy (non-hydrogen) atoms. The third-order valence-electron chi connectivity index (χ3n) is 3.67. The van der Waals surface area contributed by atoms with Crippen LogP contribution in [0.3, 0.4) is 0 Å². The number of hydrogen-bond acceptors (Lipinski definition) is 4. The Morgan fingerprint density at radius 3 is 2.30 bits per heavy atom. The molecule has 1 aromatic rings. The van der Waals surface area contributed by atoms with Gasteiger partial charge in [0.1, 0.15) is 0 Å². The fourth-order valence-electron chi connectivity index (χ4n) is 2.59. The van der Waals surface area contributed by atoms with Gasteiger partial charge in [-0.05, 0) is 36.5 Å². The van der Waals surface area contributed by atoms with Crippen LogP contribution in [0, 0.1) is 0 Å². The number of sulfonamides is 1. The highest BCUT2D eigenvalue weighted by Crippen LogP contribution is 2.32. The Morgan fingerprint density at radius 2 is 1.75 bits per heavy atom. The third kappa shape index (κ3) is 3.80. The first-order valence-corrected chi connectivity index (χ1v) is 8.27. The Morgan fingerprint density at radius 1 is 1.15 bits per heavy atom. The highest BCUT2D eigenvalue weighted by atomic mass is 32.2. The number of carboxylic acids is 1. The van der Waals surface area contributed by atoms with E-state index in [1.165, 1.54) is 31.4 Å². The first-order valence-electron chi connectivity index (χ1n) is 6.78. The van der Waals surface area contributed by atoms with Gasteiger partial charge < -0.3 is 9.90 Å². The Kier molecular flexibility index (Phi) is 4.77. The summed E-state index contributed by atoms with van der Waals surface area (Å²) in [4.78, 5) is 10.4. The predicted molar refractivity (Wildman–Crippen MR) is 72.5 cm³/mol. The molecular formula is C14H18NO4S-. The SMILES string of the molecule is O=C([O-])CNS(=O)(=O)c1ccc(C2CCCCC2)cc1. The Hall–Kier alpha value is -1.40. The number of nitrogens with one attached hydrogen (secondary N) is 1. The average molecular weight is 296 g/mol. The van der Waals surface area contributed by atoms with Crippen molar-refractivity contribution < 1.29 is 18.3 Å². The summed E-state index contributed by atoms with van der Waals surface area (Å²) in [5.41, 5.74) is 1.16. The van der Waals surface area contributed by atoms with E-state index in [-0.39, 0.29) is 4.90 Å². The van der Waals surface area contributed by atoms with E-state index < -0.39 is 22.5 Å². The van der Waals surface area contributed by atoms with Gasteiger partial charge in [0.05, 0.1) is 17.4 Å². The van der Waals surface area contributed by atoms with Crippen LogP contribution < -0.4 is 9.83 Å². The summed E-state index contributed by atoms with van der Waals surface area (Å²) in [5, 5.41) is 10.3. The van der Waals surface area contributed by atoms with Crippen molar-refractivity contribution in [1.29, 1.82) is 0 Å². The molecule has 110 valence electrons. The predicted octanol–water partition coefficient (Wildman–Crippen LogP) is 0.762. The zero-order valence-corrected chi connectivity index (χ0v) is 12.0. The van der Waals surface area contributed by atoms with Gasteiger partial charge in [0, 0.05) is 0 Å². The number of rotatable bonds is 5. The Balaban J connectivity index is 2.09. The lowest BCUT2D eigenvalue weighted by Crippen LogP contribution is -2.37. The fourth-order valence-corrected chi connectivity index (χ4v) is 3.56. The van der Waals surface area contributed by atoms with Gasteiger partial charge in [-0.2, -0.15) is 0 Å². The number of benzene rings is 1. The van der Waals surface area contributed by atoms with Gasteiger partial charge in [-0.3, -0.25) is 0 Å². The van der Waals surface area contributed by atoms with Crippen molar-refractivity contribution in [2.45, 2.75) is 42.9 Å². The van der Waals surface area contributed by atoms with E-state index in [4.69, 9.17) is 0 Å². The number of hydrogen-bond donors (Lipinski definition) is 1. The molecular weight excluding hydrogens is 278 g/mol. The van der Waals surface area contributed by atoms with E-state index >= 15 is 0 Å². The van der Waals surface area contributed by atoms with E-state index in [2.05, 4.69) is 0 Å². The van der Waals surface area contributed by atoms with Gasteiger partial charge in [-0.1, -0.05) is 31.4 Å². The number of carbonyl (C=O) groups excluding carboxylic acids is 1. The lowest BCUT2D eigenvalue weighted by molar-refractivity contribution is -0.303. The molecule has 1 aliphatic carbocycles. The van der Waals surface area contributed by atoms with Gasteiger partial charge in [0.2, 0.25) is 10.0 Å². The zero-order chi connectivity index (χ0) is 14.6. The summed E-state index contributed by atoms with van der Waals surface area (Å²) in [6.45, 7) is -0.716. The second-order valence-electron chi connectivity index (χ2n) is 5.10. The van der Waals surface area contributed by atoms with Crippen LogP contribution in [0.1, 0.15) is 43.6 Å². The molecule has 1 aromatic carbocycles. The van der Waals surface area contributed by atoms with Crippen LogP contribution in [0.4, 0.5) is 0 Å². The van der Waals surface area contributed by atoms with Crippen molar-refractivity contribution in [3.05, 3.63) is 29.8 Å². The first-order chi connectivity index (χ1) is 9.49. The Bertz CT molecular complexity index is 559. The van der Waals surface area contributed by atoms with E-state index in [0.717, 1.165) is 18.4 Å². The molecule has 0 radical (unpaired) electrons. The average Bonchev–Trinajstić information content (AvgIpc) is 2.46. The Labute approximate surface area is 119 Å². The van der Waals surface area contributed by atoms with Crippen LogP contribution in [0.25, 0.3) is 0 Å². The van der Waals surface area contributed by atoms with Crippen molar-refractivity contribution in [2.24, 2.45) is 0 Å². The maximum absolute atomic E-state index is 11.8. The highest BCUT2D eigenvalue weighted by molar-refractivity contribution is 7.89. The van der Waals surface area contributed by atoms with Gasteiger partial charge in [0.15, 0.2) is 0 Å². The lowest BCUT2D eigenvalue weighted by Gasteiger charge is -2.22. The fraction of sp³-hybridized carbons (Fsp3) is 0.500. The van der Waals surface area contributed by atoms with Crippen LogP contribution >= 0.6 is 0 Å². The molecule has 0 bridgehead atoms. The molecule has 0 saturated heterocycles. The molecule has 1 aliphatic rings. The molecule has 1 saturated carbocycles. The van der Waals surface area contributed by atoms with Crippen LogP contribution in [0.5, 0.6) is 0 Å². The summed E-state index contributed by atoms with van der Waals surface area (Å²) in [5.74, 6) is -0.941. The molecule has 0 amide bonds. The molecule has 6 heteroatoms. The smallest absolute Gasteiger partial charge is 0.240 e. The molecule has 1 fully saturated rings. The first kappa shape index (κ1) is 15.0. The second kappa shape index (κ2) is 6.37. The molecule has 5 nitrogen and oxygen atoms in total. The van der Waals surface area contributed by atoms with E-state index in [9.17, 15) is 18.3 Å². The minimum absolute atomic E-state index is 0.0818. The molecule has 2 rings (SSSR count). The van der Waals surface area contributed by atoms with Crippen LogP contribution in [0.15, 0.2) is 29.2 Å². The van der Waals surface area contributed by atoms with E-state index in [0.29, 0.717) is 5.92 Å².